The molecule has 6 nitrogen and oxygen atoms in total. The van der Waals surface area contributed by atoms with Crippen LogP contribution in [0, 0.1) is 0 Å². The van der Waals surface area contributed by atoms with Crippen LogP contribution in [-0.2, 0) is 0 Å². The molecule has 0 bridgehead atoms. The number of pyridine rings is 1. The summed E-state index contributed by atoms with van der Waals surface area (Å²) in [6, 6.07) is 3.75. The van der Waals surface area contributed by atoms with E-state index in [9.17, 15) is 0 Å². The number of halogens is 1. The molecule has 1 aliphatic heterocycles. The van der Waals surface area contributed by atoms with Gasteiger partial charge in [-0.05, 0) is 40.9 Å². The second kappa shape index (κ2) is 4.56. The van der Waals surface area contributed by atoms with Crippen LogP contribution in [0.1, 0.15) is 12.8 Å². The summed E-state index contributed by atoms with van der Waals surface area (Å²) in [4.78, 5) is 10.7. The zero-order valence-electron chi connectivity index (χ0n) is 9.75. The minimum absolute atomic E-state index is 0.367. The van der Waals surface area contributed by atoms with E-state index < -0.39 is 0 Å². The molecule has 1 saturated heterocycles. The number of hydrogen-bond donors (Lipinski definition) is 1. The molecule has 0 saturated carbocycles. The van der Waals surface area contributed by atoms with E-state index in [1.807, 2.05) is 12.1 Å². The Morgan fingerprint density at radius 2 is 2.00 bits per heavy atom. The van der Waals surface area contributed by atoms with Crippen LogP contribution in [-0.4, -0.2) is 32.8 Å². The van der Waals surface area contributed by atoms with Gasteiger partial charge in [0.1, 0.15) is 0 Å². The lowest BCUT2D eigenvalue weighted by Gasteiger charge is -2.10. The zero-order chi connectivity index (χ0) is 12.5. The van der Waals surface area contributed by atoms with Gasteiger partial charge in [0.2, 0.25) is 11.9 Å². The molecule has 1 aliphatic rings. The van der Waals surface area contributed by atoms with Crippen molar-refractivity contribution < 1.29 is 0 Å². The van der Waals surface area contributed by atoms with Gasteiger partial charge in [-0.1, -0.05) is 0 Å². The molecule has 94 valence electrons. The third kappa shape index (κ3) is 2.05. The first-order chi connectivity index (χ1) is 8.74. The topological polar surface area (TPSA) is 72.9 Å². The number of anilines is 2. The average Bonchev–Trinajstić information content (AvgIpc) is 2.99. The van der Waals surface area contributed by atoms with Crippen molar-refractivity contribution in [3.63, 3.8) is 0 Å². The Balaban J connectivity index is 1.94. The zero-order valence-corrected chi connectivity index (χ0v) is 11.3. The number of hydrogen-bond acceptors (Lipinski definition) is 5. The molecule has 0 radical (unpaired) electrons. The standard InChI is InChI=1S/C11H13BrN6/c12-8-3-4-9(14-7-8)18-10(13)15-11(16-18)17-5-1-2-6-17/h3-4,7H,1-2,5-6H2,(H2,13,15,16). The molecule has 0 atom stereocenters. The summed E-state index contributed by atoms with van der Waals surface area (Å²) < 4.78 is 2.49. The quantitative estimate of drug-likeness (QED) is 0.912. The van der Waals surface area contributed by atoms with Crippen molar-refractivity contribution in [2.75, 3.05) is 23.7 Å². The van der Waals surface area contributed by atoms with Crippen molar-refractivity contribution in [2.45, 2.75) is 12.8 Å². The van der Waals surface area contributed by atoms with Gasteiger partial charge in [0.25, 0.3) is 0 Å². The molecule has 0 unspecified atom stereocenters. The van der Waals surface area contributed by atoms with Crippen LogP contribution in [0.4, 0.5) is 11.9 Å². The fourth-order valence-corrected chi connectivity index (χ4v) is 2.26. The Morgan fingerprint density at radius 1 is 1.22 bits per heavy atom. The minimum Gasteiger partial charge on any atom is -0.368 e. The average molecular weight is 309 g/mol. The third-order valence-electron chi connectivity index (χ3n) is 2.94. The summed E-state index contributed by atoms with van der Waals surface area (Å²) in [6.45, 7) is 1.99. The van der Waals surface area contributed by atoms with Gasteiger partial charge in [-0.3, -0.25) is 0 Å². The van der Waals surface area contributed by atoms with Crippen LogP contribution in [0.15, 0.2) is 22.8 Å². The summed E-state index contributed by atoms with van der Waals surface area (Å²) >= 11 is 3.35. The first-order valence-corrected chi connectivity index (χ1v) is 6.63. The first kappa shape index (κ1) is 11.5. The molecule has 0 aliphatic carbocycles. The molecule has 7 heteroatoms. The van der Waals surface area contributed by atoms with Crippen LogP contribution < -0.4 is 10.6 Å². The minimum atomic E-state index is 0.367. The lowest BCUT2D eigenvalue weighted by Crippen LogP contribution is -2.19. The lowest BCUT2D eigenvalue weighted by atomic mass is 10.4. The Morgan fingerprint density at radius 3 is 2.67 bits per heavy atom. The molecule has 0 spiro atoms. The maximum Gasteiger partial charge on any atom is 0.247 e. The van der Waals surface area contributed by atoms with Gasteiger partial charge in [-0.15, -0.1) is 5.10 Å². The molecular formula is C11H13BrN6. The first-order valence-electron chi connectivity index (χ1n) is 5.83. The van der Waals surface area contributed by atoms with E-state index in [2.05, 4.69) is 35.9 Å². The molecule has 0 amide bonds. The molecule has 0 aromatic carbocycles. The smallest absolute Gasteiger partial charge is 0.247 e. The highest BCUT2D eigenvalue weighted by molar-refractivity contribution is 9.10. The number of nitrogens with zero attached hydrogens (tertiary/aromatic N) is 5. The van der Waals surface area contributed by atoms with Crippen molar-refractivity contribution in [2.24, 2.45) is 0 Å². The summed E-state index contributed by atoms with van der Waals surface area (Å²) in [7, 11) is 0. The fourth-order valence-electron chi connectivity index (χ4n) is 2.03. The molecule has 18 heavy (non-hydrogen) atoms. The normalized spacial score (nSPS) is 15.3. The van der Waals surface area contributed by atoms with Crippen LogP contribution in [0.5, 0.6) is 0 Å². The van der Waals surface area contributed by atoms with Gasteiger partial charge < -0.3 is 10.6 Å². The summed E-state index contributed by atoms with van der Waals surface area (Å²) in [6.07, 6.45) is 4.09. The van der Waals surface area contributed by atoms with E-state index in [0.717, 1.165) is 17.6 Å². The van der Waals surface area contributed by atoms with Crippen LogP contribution in [0.2, 0.25) is 0 Å². The van der Waals surface area contributed by atoms with E-state index in [-0.39, 0.29) is 0 Å². The summed E-state index contributed by atoms with van der Waals surface area (Å²) in [5.41, 5.74) is 5.89. The molecule has 3 heterocycles. The fraction of sp³-hybridized carbons (Fsp3) is 0.364. The Bertz CT molecular complexity index is 543. The van der Waals surface area contributed by atoms with Gasteiger partial charge in [-0.25, -0.2) is 4.98 Å². The molecule has 2 aromatic heterocycles. The number of rotatable bonds is 2. The van der Waals surface area contributed by atoms with Gasteiger partial charge in [0.05, 0.1) is 0 Å². The second-order valence-electron chi connectivity index (χ2n) is 4.21. The highest BCUT2D eigenvalue weighted by Gasteiger charge is 2.18. The van der Waals surface area contributed by atoms with E-state index in [0.29, 0.717) is 17.7 Å². The SMILES string of the molecule is Nc1nc(N2CCCC2)nn1-c1ccc(Br)cn1. The van der Waals surface area contributed by atoms with Crippen molar-refractivity contribution in [3.05, 3.63) is 22.8 Å². The van der Waals surface area contributed by atoms with Gasteiger partial charge in [0, 0.05) is 23.8 Å². The third-order valence-corrected chi connectivity index (χ3v) is 3.41. The van der Waals surface area contributed by atoms with Crippen LogP contribution in [0.25, 0.3) is 5.82 Å². The Hall–Kier alpha value is -1.63. The van der Waals surface area contributed by atoms with E-state index in [1.54, 1.807) is 10.9 Å². The van der Waals surface area contributed by atoms with Crippen molar-refractivity contribution in [1.82, 2.24) is 19.7 Å². The van der Waals surface area contributed by atoms with Crippen LogP contribution >= 0.6 is 15.9 Å². The predicted octanol–water partition coefficient (Wildman–Crippen LogP) is 1.61. The highest BCUT2D eigenvalue weighted by atomic mass is 79.9. The molecule has 1 fully saturated rings. The van der Waals surface area contributed by atoms with Crippen molar-refractivity contribution in [3.8, 4) is 5.82 Å². The highest BCUT2D eigenvalue weighted by Crippen LogP contribution is 2.19. The predicted molar refractivity (Wildman–Crippen MR) is 72.7 cm³/mol. The molecule has 2 N–H and O–H groups in total. The van der Waals surface area contributed by atoms with Crippen molar-refractivity contribution >= 4 is 27.8 Å². The molecular weight excluding hydrogens is 296 g/mol. The molecule has 2 aromatic rings. The van der Waals surface area contributed by atoms with E-state index in [4.69, 9.17) is 5.73 Å². The van der Waals surface area contributed by atoms with Crippen molar-refractivity contribution in [1.29, 1.82) is 0 Å². The second-order valence-corrected chi connectivity index (χ2v) is 5.13. The maximum atomic E-state index is 5.89. The Kier molecular flexibility index (Phi) is 2.91. The summed E-state index contributed by atoms with van der Waals surface area (Å²) in [5.74, 6) is 1.73. The van der Waals surface area contributed by atoms with E-state index >= 15 is 0 Å². The Labute approximate surface area is 113 Å². The van der Waals surface area contributed by atoms with Gasteiger partial charge in [-0.2, -0.15) is 9.67 Å². The van der Waals surface area contributed by atoms with Gasteiger partial charge >= 0.3 is 0 Å². The number of aromatic nitrogens is 4. The monoisotopic (exact) mass is 308 g/mol. The van der Waals surface area contributed by atoms with E-state index in [1.165, 1.54) is 12.8 Å². The number of nitrogen functional groups attached to an aromatic ring is 1. The van der Waals surface area contributed by atoms with Gasteiger partial charge in [0.15, 0.2) is 5.82 Å². The number of nitrogens with two attached hydrogens (primary N) is 1. The largest absolute Gasteiger partial charge is 0.368 e. The molecule has 3 rings (SSSR count). The lowest BCUT2D eigenvalue weighted by molar-refractivity contribution is 0.827. The summed E-state index contributed by atoms with van der Waals surface area (Å²) in [5, 5.41) is 4.42. The van der Waals surface area contributed by atoms with Crippen LogP contribution in [0.3, 0.4) is 0 Å². The maximum absolute atomic E-state index is 5.89.